The molecule has 0 saturated heterocycles. The first-order valence-corrected chi connectivity index (χ1v) is 9.86. The number of carbonyl (C=O) groups excluding carboxylic acids is 1. The topological polar surface area (TPSA) is 97.9 Å². The van der Waals surface area contributed by atoms with Gasteiger partial charge in [-0.25, -0.2) is 9.97 Å². The number of oxazole rings is 1. The first-order chi connectivity index (χ1) is 15.1. The molecule has 0 aliphatic rings. The summed E-state index contributed by atoms with van der Waals surface area (Å²) in [7, 11) is 3.71. The Morgan fingerprint density at radius 1 is 1.06 bits per heavy atom. The predicted molar refractivity (Wildman–Crippen MR) is 119 cm³/mol. The van der Waals surface area contributed by atoms with Gasteiger partial charge in [0.25, 0.3) is 11.6 Å². The summed E-state index contributed by atoms with van der Waals surface area (Å²) >= 11 is 0. The molecule has 2 aromatic carbocycles. The van der Waals surface area contributed by atoms with Crippen LogP contribution in [0.5, 0.6) is 0 Å². The molecule has 31 heavy (non-hydrogen) atoms. The Morgan fingerprint density at radius 3 is 2.71 bits per heavy atom. The zero-order chi connectivity index (χ0) is 21.4. The molecular weight excluding hydrogens is 392 g/mol. The molecule has 8 heteroatoms. The molecule has 5 aromatic rings. The molecule has 0 aliphatic carbocycles. The van der Waals surface area contributed by atoms with E-state index in [2.05, 4.69) is 20.6 Å². The average Bonchev–Trinajstić information content (AvgIpc) is 3.41. The minimum atomic E-state index is -0.115. The molecule has 2 N–H and O–H groups in total. The van der Waals surface area contributed by atoms with Crippen LogP contribution >= 0.6 is 0 Å². The van der Waals surface area contributed by atoms with Gasteiger partial charge >= 0.3 is 0 Å². The summed E-state index contributed by atoms with van der Waals surface area (Å²) in [5.41, 5.74) is 5.09. The van der Waals surface area contributed by atoms with Gasteiger partial charge in [0.1, 0.15) is 11.0 Å². The maximum Gasteiger partial charge on any atom is 0.251 e. The van der Waals surface area contributed by atoms with Crippen molar-refractivity contribution in [1.82, 2.24) is 24.8 Å². The van der Waals surface area contributed by atoms with Crippen molar-refractivity contribution in [3.8, 4) is 11.5 Å². The van der Waals surface area contributed by atoms with E-state index >= 15 is 0 Å². The molecule has 3 aromatic heterocycles. The minimum Gasteiger partial charge on any atom is -0.418 e. The van der Waals surface area contributed by atoms with Crippen molar-refractivity contribution in [3.05, 3.63) is 72.1 Å². The van der Waals surface area contributed by atoms with Gasteiger partial charge < -0.3 is 19.6 Å². The van der Waals surface area contributed by atoms with Crippen molar-refractivity contribution in [3.63, 3.8) is 0 Å². The van der Waals surface area contributed by atoms with Gasteiger partial charge in [0.2, 0.25) is 5.89 Å². The minimum absolute atomic E-state index is 0.115. The van der Waals surface area contributed by atoms with E-state index in [0.717, 1.165) is 22.2 Å². The van der Waals surface area contributed by atoms with Crippen molar-refractivity contribution in [2.45, 2.75) is 6.54 Å². The van der Waals surface area contributed by atoms with Crippen LogP contribution in [0.4, 0.5) is 5.82 Å². The van der Waals surface area contributed by atoms with E-state index < -0.39 is 0 Å². The highest BCUT2D eigenvalue weighted by Crippen LogP contribution is 2.31. The molecule has 0 radical (unpaired) electrons. The van der Waals surface area contributed by atoms with Gasteiger partial charge in [0.05, 0.1) is 6.33 Å². The van der Waals surface area contributed by atoms with E-state index in [9.17, 15) is 4.79 Å². The first kappa shape index (κ1) is 18.8. The number of aryl methyl sites for hydroxylation is 1. The molecule has 5 rings (SSSR count). The Kier molecular flexibility index (Phi) is 4.59. The van der Waals surface area contributed by atoms with Gasteiger partial charge in [0, 0.05) is 31.8 Å². The Balaban J connectivity index is 1.46. The Hall–Kier alpha value is -4.20. The van der Waals surface area contributed by atoms with Crippen molar-refractivity contribution in [1.29, 1.82) is 0 Å². The summed E-state index contributed by atoms with van der Waals surface area (Å²) in [5, 5.41) is 6.00. The van der Waals surface area contributed by atoms with Crippen molar-refractivity contribution in [2.75, 3.05) is 12.4 Å². The molecule has 3 heterocycles. The van der Waals surface area contributed by atoms with Gasteiger partial charge in [0.15, 0.2) is 11.3 Å². The smallest absolute Gasteiger partial charge is 0.251 e. The fourth-order valence-electron chi connectivity index (χ4n) is 3.57. The van der Waals surface area contributed by atoms with Gasteiger partial charge in [-0.1, -0.05) is 30.3 Å². The van der Waals surface area contributed by atoms with Crippen LogP contribution in [0.25, 0.3) is 33.7 Å². The highest BCUT2D eigenvalue weighted by Gasteiger charge is 2.18. The number of nitrogens with one attached hydrogen (secondary N) is 2. The van der Waals surface area contributed by atoms with Crippen LogP contribution in [-0.4, -0.2) is 32.5 Å². The lowest BCUT2D eigenvalue weighted by atomic mass is 10.1. The van der Waals surface area contributed by atoms with Gasteiger partial charge in [-0.15, -0.1) is 0 Å². The van der Waals surface area contributed by atoms with Crippen molar-refractivity contribution >= 4 is 34.0 Å². The molecule has 0 atom stereocenters. The molecule has 0 fully saturated rings. The summed E-state index contributed by atoms with van der Waals surface area (Å²) in [6.07, 6.45) is 1.73. The summed E-state index contributed by atoms with van der Waals surface area (Å²) < 4.78 is 7.89. The third-order valence-corrected chi connectivity index (χ3v) is 5.11. The molecule has 0 aliphatic heterocycles. The lowest BCUT2D eigenvalue weighted by Gasteiger charge is -2.06. The van der Waals surface area contributed by atoms with Crippen LogP contribution < -0.4 is 10.6 Å². The fourth-order valence-corrected chi connectivity index (χ4v) is 3.57. The van der Waals surface area contributed by atoms with Crippen LogP contribution in [0.1, 0.15) is 15.9 Å². The molecule has 0 spiro atoms. The second kappa shape index (κ2) is 7.56. The van der Waals surface area contributed by atoms with Crippen LogP contribution in [0.15, 0.2) is 65.3 Å². The molecule has 0 saturated carbocycles. The average molecular weight is 412 g/mol. The maximum absolute atomic E-state index is 12.3. The number of carbonyl (C=O) groups is 1. The summed E-state index contributed by atoms with van der Waals surface area (Å²) in [6.45, 7) is 0.399. The predicted octanol–water partition coefficient (Wildman–Crippen LogP) is 3.75. The van der Waals surface area contributed by atoms with E-state index in [0.29, 0.717) is 35.0 Å². The highest BCUT2D eigenvalue weighted by molar-refractivity contribution is 6.03. The van der Waals surface area contributed by atoms with E-state index in [1.807, 2.05) is 54.1 Å². The molecule has 0 bridgehead atoms. The van der Waals surface area contributed by atoms with E-state index in [4.69, 9.17) is 9.40 Å². The second-order valence-corrected chi connectivity index (χ2v) is 7.18. The largest absolute Gasteiger partial charge is 0.418 e. The van der Waals surface area contributed by atoms with E-state index in [-0.39, 0.29) is 5.91 Å². The first-order valence-electron chi connectivity index (χ1n) is 9.86. The van der Waals surface area contributed by atoms with Crippen LogP contribution in [0.3, 0.4) is 0 Å². The molecule has 0 unspecified atom stereocenters. The van der Waals surface area contributed by atoms with Crippen molar-refractivity contribution in [2.24, 2.45) is 7.05 Å². The van der Waals surface area contributed by atoms with Crippen LogP contribution in [-0.2, 0) is 13.6 Å². The lowest BCUT2D eigenvalue weighted by molar-refractivity contribution is 0.0951. The number of anilines is 1. The molecule has 8 nitrogen and oxygen atoms in total. The van der Waals surface area contributed by atoms with Gasteiger partial charge in [-0.3, -0.25) is 4.79 Å². The number of amides is 1. The quantitative estimate of drug-likeness (QED) is 0.456. The summed E-state index contributed by atoms with van der Waals surface area (Å²) in [5.74, 6) is 0.993. The van der Waals surface area contributed by atoms with Gasteiger partial charge in [-0.05, 0) is 29.8 Å². The van der Waals surface area contributed by atoms with Crippen molar-refractivity contribution < 1.29 is 9.21 Å². The summed E-state index contributed by atoms with van der Waals surface area (Å²) in [4.78, 5) is 26.0. The third kappa shape index (κ3) is 3.38. The second-order valence-electron chi connectivity index (χ2n) is 7.18. The van der Waals surface area contributed by atoms with E-state index in [1.165, 1.54) is 0 Å². The number of hydrogen-bond donors (Lipinski definition) is 2. The Morgan fingerprint density at radius 2 is 1.90 bits per heavy atom. The monoisotopic (exact) mass is 412 g/mol. The number of nitrogens with zero attached hydrogens (tertiary/aromatic N) is 4. The zero-order valence-corrected chi connectivity index (χ0v) is 17.1. The third-order valence-electron chi connectivity index (χ3n) is 5.11. The number of benzene rings is 2. The van der Waals surface area contributed by atoms with Crippen LogP contribution in [0, 0.1) is 0 Å². The maximum atomic E-state index is 12.3. The molecular formula is C23H20N6O2. The SMILES string of the molecule is CNc1nc2oc(-c3cccc(CNC(=O)c4ccccc4)c3)nc2c2c1ncn2C. The number of aromatic nitrogens is 4. The Bertz CT molecular complexity index is 1400. The molecule has 154 valence electrons. The highest BCUT2D eigenvalue weighted by atomic mass is 16.4. The zero-order valence-electron chi connectivity index (χ0n) is 17.1. The number of rotatable bonds is 5. The molecule has 1 amide bonds. The Labute approximate surface area is 178 Å². The van der Waals surface area contributed by atoms with Gasteiger partial charge in [-0.2, -0.15) is 4.98 Å². The normalized spacial score (nSPS) is 11.2. The van der Waals surface area contributed by atoms with Crippen LogP contribution in [0.2, 0.25) is 0 Å². The number of pyridine rings is 1. The number of hydrogen-bond acceptors (Lipinski definition) is 6. The lowest BCUT2D eigenvalue weighted by Crippen LogP contribution is -2.22. The fraction of sp³-hybridized carbons (Fsp3) is 0.130. The van der Waals surface area contributed by atoms with E-state index in [1.54, 1.807) is 25.5 Å². The number of imidazole rings is 1. The standard InChI is InChI=1S/C23H20N6O2/c1-24-20-17-19(29(2)13-26-17)18-23(28-20)31-22(27-18)16-10-6-7-14(11-16)12-25-21(30)15-8-4-3-5-9-15/h3-11,13H,12H2,1-2H3,(H,24,28)(H,25,30). The summed E-state index contributed by atoms with van der Waals surface area (Å²) in [6, 6.07) is 16.9. The number of fused-ring (bicyclic) bond motifs is 3.